The molecule has 4 N–H and O–H groups in total. The van der Waals surface area contributed by atoms with Crippen molar-refractivity contribution in [2.45, 2.75) is 45.7 Å². The van der Waals surface area contributed by atoms with Crippen LogP contribution >= 0.6 is 11.6 Å². The number of halogens is 1. The van der Waals surface area contributed by atoms with E-state index in [4.69, 9.17) is 21.1 Å². The molecule has 0 aliphatic heterocycles. The Morgan fingerprint density at radius 3 is 1.53 bits per heavy atom. The number of methoxy groups -OCH3 is 2. The normalized spacial score (nSPS) is 11.6. The molecule has 12 nitrogen and oxygen atoms in total. The summed E-state index contributed by atoms with van der Waals surface area (Å²) in [4.78, 5) is 57.6. The minimum Gasteiger partial charge on any atom is -0.494 e. The number of ether oxygens (including phenoxy) is 2. The van der Waals surface area contributed by atoms with Crippen LogP contribution in [0, 0.1) is 20.8 Å². The molecular weight excluding hydrogens is 784 g/mol. The van der Waals surface area contributed by atoms with Crippen molar-refractivity contribution in [3.63, 3.8) is 0 Å². The van der Waals surface area contributed by atoms with Crippen molar-refractivity contribution in [2.24, 2.45) is 0 Å². The average molecular weight is 829 g/mol. The topological polar surface area (TPSA) is 177 Å². The van der Waals surface area contributed by atoms with Gasteiger partial charge in [0, 0.05) is 11.1 Å². The first-order valence-corrected chi connectivity index (χ1v) is 19.3. The maximum Gasteiger partial charge on any atom is 0.305 e. The highest BCUT2D eigenvalue weighted by Crippen LogP contribution is 2.34. The number of aryl methyl sites for hydroxylation is 3. The number of carbonyl (C=O) groups excluding carboxylic acids is 2. The van der Waals surface area contributed by atoms with Gasteiger partial charge in [-0.3, -0.25) is 19.2 Å². The molecule has 0 unspecified atom stereocenters. The van der Waals surface area contributed by atoms with Crippen LogP contribution in [0.25, 0.3) is 22.5 Å². The molecule has 2 heterocycles. The van der Waals surface area contributed by atoms with Crippen molar-refractivity contribution in [3.8, 4) is 34.0 Å². The van der Waals surface area contributed by atoms with Crippen LogP contribution in [-0.4, -0.2) is 58.2 Å². The van der Waals surface area contributed by atoms with E-state index in [9.17, 15) is 29.4 Å². The van der Waals surface area contributed by atoms with Crippen LogP contribution in [-0.2, 0) is 9.59 Å². The third-order valence-electron chi connectivity index (χ3n) is 9.54. The Bertz CT molecular complexity index is 2510. The molecule has 2 amide bonds. The predicted octanol–water partition coefficient (Wildman–Crippen LogP) is 8.98. The molecule has 2 aromatic heterocycles. The van der Waals surface area contributed by atoms with Crippen LogP contribution in [0.3, 0.4) is 0 Å². The third kappa shape index (κ3) is 11.3. The van der Waals surface area contributed by atoms with E-state index in [0.29, 0.717) is 33.5 Å². The maximum atomic E-state index is 13.0. The molecule has 0 aliphatic rings. The molecule has 6 aromatic rings. The van der Waals surface area contributed by atoms with Crippen molar-refractivity contribution in [1.82, 2.24) is 20.6 Å². The number of carboxylic acid groups (broad SMARTS) is 2. The molecule has 60 heavy (non-hydrogen) atoms. The van der Waals surface area contributed by atoms with Gasteiger partial charge in [0.25, 0.3) is 11.8 Å². The van der Waals surface area contributed by atoms with Crippen molar-refractivity contribution in [1.29, 1.82) is 0 Å². The van der Waals surface area contributed by atoms with Crippen LogP contribution < -0.4 is 20.1 Å². The van der Waals surface area contributed by atoms with Crippen LogP contribution in [0.1, 0.15) is 73.7 Å². The van der Waals surface area contributed by atoms with Gasteiger partial charge in [-0.05, 0) is 79.4 Å². The highest BCUT2D eigenvalue weighted by atomic mass is 35.5. The van der Waals surface area contributed by atoms with Crippen molar-refractivity contribution in [2.75, 3.05) is 14.2 Å². The van der Waals surface area contributed by atoms with Gasteiger partial charge in [0.05, 0.1) is 44.2 Å². The van der Waals surface area contributed by atoms with E-state index in [0.717, 1.165) is 33.4 Å². The van der Waals surface area contributed by atoms with Crippen LogP contribution in [0.5, 0.6) is 11.5 Å². The summed E-state index contributed by atoms with van der Waals surface area (Å²) in [5, 5.41) is 24.7. The maximum absolute atomic E-state index is 13.0. The van der Waals surface area contributed by atoms with E-state index >= 15 is 0 Å². The van der Waals surface area contributed by atoms with Gasteiger partial charge >= 0.3 is 11.9 Å². The number of hydrogen-bond acceptors (Lipinski definition) is 8. The van der Waals surface area contributed by atoms with Crippen molar-refractivity contribution >= 4 is 35.4 Å². The number of nitrogens with one attached hydrogen (secondary N) is 2. The lowest BCUT2D eigenvalue weighted by atomic mass is 9.98. The van der Waals surface area contributed by atoms with Gasteiger partial charge in [0.1, 0.15) is 34.3 Å². The highest BCUT2D eigenvalue weighted by Gasteiger charge is 2.24. The Hall–Kier alpha value is -7.05. The molecule has 4 aromatic carbocycles. The van der Waals surface area contributed by atoms with E-state index in [1.54, 1.807) is 49.6 Å². The summed E-state index contributed by atoms with van der Waals surface area (Å²) in [7, 11) is 3.06. The van der Waals surface area contributed by atoms with Gasteiger partial charge in [-0.25, -0.2) is 9.97 Å². The number of carboxylic acids is 2. The molecule has 0 bridgehead atoms. The Morgan fingerprint density at radius 1 is 0.600 bits per heavy atom. The van der Waals surface area contributed by atoms with Crippen molar-refractivity contribution in [3.05, 3.63) is 166 Å². The number of amides is 2. The Labute approximate surface area is 353 Å². The molecule has 0 aliphatic carbocycles. The number of hydrogen-bond donors (Lipinski definition) is 4. The molecule has 0 fully saturated rings. The van der Waals surface area contributed by atoms with Crippen LogP contribution in [0.4, 0.5) is 0 Å². The minimum atomic E-state index is -1.01. The second-order valence-corrected chi connectivity index (χ2v) is 14.2. The monoisotopic (exact) mass is 828 g/mol. The first-order valence-electron chi connectivity index (χ1n) is 18.9. The van der Waals surface area contributed by atoms with Gasteiger partial charge in [-0.15, -0.1) is 0 Å². The van der Waals surface area contributed by atoms with Gasteiger partial charge in [-0.2, -0.15) is 0 Å². The summed E-state index contributed by atoms with van der Waals surface area (Å²) in [6, 6.07) is 34.7. The molecule has 0 saturated carbocycles. The predicted molar refractivity (Wildman–Crippen MR) is 229 cm³/mol. The zero-order valence-electron chi connectivity index (χ0n) is 33.7. The van der Waals surface area contributed by atoms with Gasteiger partial charge in [0.2, 0.25) is 0 Å². The number of aromatic nitrogens is 2. The molecule has 0 radical (unpaired) electrons. The molecule has 13 heteroatoms. The van der Waals surface area contributed by atoms with Gasteiger partial charge < -0.3 is 30.3 Å². The quantitative estimate of drug-likeness (QED) is 0.0829. The van der Waals surface area contributed by atoms with E-state index in [1.165, 1.54) is 13.2 Å². The summed E-state index contributed by atoms with van der Waals surface area (Å²) >= 11 is 6.30. The third-order valence-corrected chi connectivity index (χ3v) is 9.87. The van der Waals surface area contributed by atoms with Gasteiger partial charge in [-0.1, -0.05) is 102 Å². The number of nitrogens with zero attached hydrogens (tertiary/aromatic N) is 2. The number of carbonyl (C=O) groups is 4. The van der Waals surface area contributed by atoms with Crippen LogP contribution in [0.15, 0.2) is 121 Å². The largest absolute Gasteiger partial charge is 0.494 e. The lowest BCUT2D eigenvalue weighted by molar-refractivity contribution is -0.138. The molecule has 308 valence electrons. The fraction of sp³-hybridized carbons (Fsp3) is 0.191. The zero-order valence-corrected chi connectivity index (χ0v) is 34.5. The fourth-order valence-corrected chi connectivity index (χ4v) is 6.79. The number of aliphatic carboxylic acids is 2. The summed E-state index contributed by atoms with van der Waals surface area (Å²) < 4.78 is 10.8. The van der Waals surface area contributed by atoms with Gasteiger partial charge in [0.15, 0.2) is 0 Å². The molecule has 6 rings (SSSR count). The van der Waals surface area contributed by atoms with Crippen LogP contribution in [0.2, 0.25) is 5.02 Å². The molecule has 0 saturated heterocycles. The Kier molecular flexibility index (Phi) is 15.1. The highest BCUT2D eigenvalue weighted by molar-refractivity contribution is 6.33. The van der Waals surface area contributed by atoms with E-state index in [-0.39, 0.29) is 24.2 Å². The SMILES string of the molecule is COc1ccc(C(=O)N[C@@H](CC(=O)O)c2ccccc2C)nc1-c1cccc(C)c1.COc1ccc(C(=O)N[C@@H](CC(=O)O)c2ccccc2C)nc1-c1ccccc1Cl. The second kappa shape index (κ2) is 20.6. The standard InChI is InChI=1S/C24H24N2O4.C23H21ClN2O4/c1-15-7-6-9-17(13-15)23-21(30-3)12-11-19(25-23)24(29)26-20(14-22(27)28)18-10-5-4-8-16(18)2;1-14-7-3-4-8-15(14)19(13-21(27)28)26-23(29)18-11-12-20(30-2)22(25-18)16-9-5-6-10-17(16)24/h4-13,20H,14H2,1-3H3,(H,26,29)(H,27,28);3-12,19H,13H2,1-2H3,(H,26,29)(H,27,28)/t20-;19-/m00/s1. The fourth-order valence-electron chi connectivity index (χ4n) is 6.57. The van der Waals surface area contributed by atoms with Crippen molar-refractivity contribution < 1.29 is 38.9 Å². The van der Waals surface area contributed by atoms with E-state index in [1.807, 2.05) is 93.6 Å². The van der Waals surface area contributed by atoms with E-state index in [2.05, 4.69) is 20.6 Å². The molecule has 0 spiro atoms. The second-order valence-electron chi connectivity index (χ2n) is 13.8. The summed E-state index contributed by atoms with van der Waals surface area (Å²) in [5.74, 6) is -1.91. The number of pyridine rings is 2. The lowest BCUT2D eigenvalue weighted by Gasteiger charge is -2.19. The number of benzene rings is 4. The summed E-state index contributed by atoms with van der Waals surface area (Å²) in [5.41, 5.74) is 7.15. The summed E-state index contributed by atoms with van der Waals surface area (Å²) in [6.45, 7) is 5.74. The lowest BCUT2D eigenvalue weighted by Crippen LogP contribution is -2.31. The average Bonchev–Trinajstić information content (AvgIpc) is 3.23. The number of rotatable bonds is 14. The Balaban J connectivity index is 0.000000228. The van der Waals surface area contributed by atoms with E-state index < -0.39 is 35.8 Å². The first kappa shape index (κ1) is 44.1. The molecular formula is C47H45ClN4O8. The minimum absolute atomic E-state index is 0.134. The zero-order chi connectivity index (χ0) is 43.3. The summed E-state index contributed by atoms with van der Waals surface area (Å²) in [6.07, 6.45) is -0.471. The Morgan fingerprint density at radius 2 is 1.07 bits per heavy atom. The smallest absolute Gasteiger partial charge is 0.305 e. The first-order chi connectivity index (χ1) is 28.8. The molecule has 2 atom stereocenters.